The number of nitrogens with zero attached hydrogens (tertiary/aromatic N) is 1. The number of hydrogen-bond acceptors (Lipinski definition) is 6. The summed E-state index contributed by atoms with van der Waals surface area (Å²) in [5.41, 5.74) is 1.68. The van der Waals surface area contributed by atoms with E-state index < -0.39 is 23.7 Å². The molecule has 0 unspecified atom stereocenters. The topological polar surface area (TPSA) is 93.1 Å². The van der Waals surface area contributed by atoms with E-state index in [1.54, 1.807) is 12.1 Å². The largest absolute Gasteiger partial charge is 0.493 e. The first-order valence-corrected chi connectivity index (χ1v) is 11.7. The van der Waals surface area contributed by atoms with Crippen LogP contribution in [-0.2, 0) is 16.2 Å². The average molecular weight is 575 g/mol. The molecule has 1 aliphatic heterocycles. The molecule has 0 aromatic heterocycles. The molecule has 1 aliphatic rings. The van der Waals surface area contributed by atoms with Gasteiger partial charge < -0.3 is 14.6 Å². The van der Waals surface area contributed by atoms with Gasteiger partial charge in [-0.2, -0.15) is 0 Å². The Labute approximate surface area is 207 Å². The molecular weight excluding hydrogens is 557 g/mol. The van der Waals surface area contributed by atoms with Gasteiger partial charge in [-0.05, 0) is 74.5 Å². The van der Waals surface area contributed by atoms with Crippen molar-refractivity contribution in [1.29, 1.82) is 0 Å². The van der Waals surface area contributed by atoms with Crippen LogP contribution in [0.2, 0.25) is 0 Å². The van der Waals surface area contributed by atoms with Gasteiger partial charge in [0.05, 0.1) is 15.6 Å². The summed E-state index contributed by atoms with van der Waals surface area (Å²) in [5, 5.41) is 10.5. The van der Waals surface area contributed by atoms with Gasteiger partial charge in [0.15, 0.2) is 11.5 Å². The number of carbonyl (C=O) groups is 3. The number of benzene rings is 3. The average Bonchev–Trinajstić information content (AvgIpc) is 3.05. The van der Waals surface area contributed by atoms with Crippen LogP contribution in [0.25, 0.3) is 16.8 Å². The fourth-order valence-electron chi connectivity index (χ4n) is 3.45. The van der Waals surface area contributed by atoms with Crippen molar-refractivity contribution in [3.8, 4) is 11.5 Å². The summed E-state index contributed by atoms with van der Waals surface area (Å²) in [6.45, 7) is -0.315. The highest BCUT2D eigenvalue weighted by Crippen LogP contribution is 2.38. The van der Waals surface area contributed by atoms with Crippen molar-refractivity contribution in [1.82, 2.24) is 4.90 Å². The van der Waals surface area contributed by atoms with Crippen LogP contribution in [0, 0.1) is 3.57 Å². The normalized spacial score (nSPS) is 14.8. The molecule has 9 heteroatoms. The Hall–Kier alpha value is -3.05. The third-order valence-electron chi connectivity index (χ3n) is 4.97. The van der Waals surface area contributed by atoms with Crippen molar-refractivity contribution in [2.24, 2.45) is 0 Å². The third-order valence-corrected chi connectivity index (χ3v) is 6.68. The van der Waals surface area contributed by atoms with Crippen LogP contribution in [0.15, 0.2) is 59.5 Å². The molecule has 1 fully saturated rings. The summed E-state index contributed by atoms with van der Waals surface area (Å²) in [6, 6.07) is 17.7. The smallest absolute Gasteiger partial charge is 0.323 e. The van der Waals surface area contributed by atoms with Crippen molar-refractivity contribution in [2.75, 3.05) is 13.7 Å². The van der Waals surface area contributed by atoms with E-state index in [0.717, 1.165) is 19.9 Å². The number of amides is 2. The summed E-state index contributed by atoms with van der Waals surface area (Å²) in [6.07, 6.45) is 1.55. The van der Waals surface area contributed by atoms with Gasteiger partial charge in [0.2, 0.25) is 0 Å². The number of hydrogen-bond donors (Lipinski definition) is 1. The Bertz CT molecular complexity index is 1300. The summed E-state index contributed by atoms with van der Waals surface area (Å²) in [5.74, 6) is -0.819. The second-order valence-corrected chi connectivity index (χ2v) is 9.28. The number of rotatable bonds is 7. The van der Waals surface area contributed by atoms with Crippen molar-refractivity contribution >= 4 is 68.3 Å². The molecule has 4 rings (SSSR count). The SMILES string of the molecule is COc1cc(/C=C2/SC(=O)N(CC(=O)O)C2=O)cc(I)c1OCc1cccc2ccccc12. The van der Waals surface area contributed by atoms with Gasteiger partial charge in [-0.3, -0.25) is 19.3 Å². The molecule has 1 N–H and O–H groups in total. The molecular formula is C24H18INO6S. The molecule has 7 nitrogen and oxygen atoms in total. The van der Waals surface area contributed by atoms with E-state index in [2.05, 4.69) is 40.8 Å². The van der Waals surface area contributed by atoms with Crippen molar-refractivity contribution in [2.45, 2.75) is 6.61 Å². The number of carboxylic acid groups (broad SMARTS) is 1. The lowest BCUT2D eigenvalue weighted by atomic mass is 10.1. The van der Waals surface area contributed by atoms with E-state index in [9.17, 15) is 14.4 Å². The van der Waals surface area contributed by atoms with Crippen molar-refractivity contribution in [3.05, 3.63) is 74.2 Å². The highest BCUT2D eigenvalue weighted by atomic mass is 127. The minimum atomic E-state index is -1.25. The number of fused-ring (bicyclic) bond motifs is 1. The lowest BCUT2D eigenvalue weighted by Crippen LogP contribution is -2.33. The molecule has 0 aliphatic carbocycles. The molecule has 0 saturated carbocycles. The van der Waals surface area contributed by atoms with Crippen LogP contribution >= 0.6 is 34.4 Å². The highest BCUT2D eigenvalue weighted by Gasteiger charge is 2.36. The Balaban J connectivity index is 1.59. The van der Waals surface area contributed by atoms with Crippen LogP contribution in [0.1, 0.15) is 11.1 Å². The minimum absolute atomic E-state index is 0.156. The highest BCUT2D eigenvalue weighted by molar-refractivity contribution is 14.1. The summed E-state index contributed by atoms with van der Waals surface area (Å²) in [7, 11) is 1.53. The van der Waals surface area contributed by atoms with Gasteiger partial charge in [0, 0.05) is 0 Å². The number of thioether (sulfide) groups is 1. The summed E-state index contributed by atoms with van der Waals surface area (Å²) >= 11 is 2.84. The van der Waals surface area contributed by atoms with Gasteiger partial charge in [-0.15, -0.1) is 0 Å². The van der Waals surface area contributed by atoms with Gasteiger partial charge in [-0.1, -0.05) is 42.5 Å². The Morgan fingerprint density at radius 2 is 1.91 bits per heavy atom. The molecule has 0 bridgehead atoms. The van der Waals surface area contributed by atoms with Crippen molar-refractivity contribution < 1.29 is 29.0 Å². The Morgan fingerprint density at radius 3 is 2.67 bits per heavy atom. The lowest BCUT2D eigenvalue weighted by molar-refractivity contribution is -0.140. The van der Waals surface area contributed by atoms with Crippen LogP contribution in [0.4, 0.5) is 4.79 Å². The first-order chi connectivity index (χ1) is 15.9. The zero-order valence-corrected chi connectivity index (χ0v) is 20.4. The van der Waals surface area contributed by atoms with Crippen LogP contribution in [0.5, 0.6) is 11.5 Å². The number of ether oxygens (including phenoxy) is 2. The van der Waals surface area contributed by atoms with Crippen LogP contribution in [-0.4, -0.2) is 40.8 Å². The molecule has 3 aromatic rings. The maximum Gasteiger partial charge on any atom is 0.323 e. The van der Waals surface area contributed by atoms with Gasteiger partial charge in [-0.25, -0.2) is 0 Å². The Morgan fingerprint density at radius 1 is 1.15 bits per heavy atom. The first-order valence-electron chi connectivity index (χ1n) is 9.81. The van der Waals surface area contributed by atoms with E-state index in [-0.39, 0.29) is 4.91 Å². The predicted molar refractivity (Wildman–Crippen MR) is 134 cm³/mol. The number of methoxy groups -OCH3 is 1. The van der Waals surface area contributed by atoms with Gasteiger partial charge in [0.1, 0.15) is 13.2 Å². The molecule has 0 radical (unpaired) electrons. The zero-order valence-electron chi connectivity index (χ0n) is 17.4. The van der Waals surface area contributed by atoms with E-state index >= 15 is 0 Å². The monoisotopic (exact) mass is 575 g/mol. The molecule has 1 saturated heterocycles. The van der Waals surface area contributed by atoms with Crippen LogP contribution < -0.4 is 9.47 Å². The predicted octanol–water partition coefficient (Wildman–Crippen LogP) is 5.15. The molecule has 2 amide bonds. The third kappa shape index (κ3) is 4.98. The zero-order chi connectivity index (χ0) is 23.5. The van der Waals surface area contributed by atoms with Gasteiger partial charge in [0.25, 0.3) is 11.1 Å². The number of carboxylic acids is 1. The second-order valence-electron chi connectivity index (χ2n) is 7.12. The van der Waals surface area contributed by atoms with Crippen molar-refractivity contribution in [3.63, 3.8) is 0 Å². The number of halogens is 1. The van der Waals surface area contributed by atoms with Crippen LogP contribution in [0.3, 0.4) is 0 Å². The standard InChI is InChI=1S/C24H18INO6S/c1-31-19-10-14(11-20-23(29)26(12-21(27)28)24(30)33-20)9-18(25)22(19)32-13-16-7-4-6-15-5-2-3-8-17(15)16/h2-11H,12-13H2,1H3,(H,27,28)/b20-11+. The van der Waals surface area contributed by atoms with E-state index in [1.807, 2.05) is 30.3 Å². The Kier molecular flexibility index (Phi) is 6.89. The second kappa shape index (κ2) is 9.84. The number of carbonyl (C=O) groups excluding carboxylic acids is 2. The molecule has 0 spiro atoms. The molecule has 1 heterocycles. The minimum Gasteiger partial charge on any atom is -0.493 e. The number of imide groups is 1. The maximum atomic E-state index is 12.4. The number of aliphatic carboxylic acids is 1. The quantitative estimate of drug-likeness (QED) is 0.308. The molecule has 168 valence electrons. The molecule has 3 aromatic carbocycles. The fourth-order valence-corrected chi connectivity index (χ4v) is 5.07. The lowest BCUT2D eigenvalue weighted by Gasteiger charge is -2.15. The van der Waals surface area contributed by atoms with Gasteiger partial charge >= 0.3 is 5.97 Å². The summed E-state index contributed by atoms with van der Waals surface area (Å²) < 4.78 is 12.4. The van der Waals surface area contributed by atoms with E-state index in [4.69, 9.17) is 14.6 Å². The first kappa shape index (κ1) is 23.1. The molecule has 33 heavy (non-hydrogen) atoms. The van der Waals surface area contributed by atoms with E-state index in [1.165, 1.54) is 7.11 Å². The maximum absolute atomic E-state index is 12.4. The van der Waals surface area contributed by atoms with E-state index in [0.29, 0.717) is 40.3 Å². The molecule has 0 atom stereocenters. The summed E-state index contributed by atoms with van der Waals surface area (Å²) in [4.78, 5) is 36.2. The fraction of sp³-hybridized carbons (Fsp3) is 0.125.